The zero-order chi connectivity index (χ0) is 34.7. The molecule has 1 saturated carbocycles. The molecular weight excluding hydrogens is 582 g/mol. The smallest absolute Gasteiger partial charge is 0.203 e. The van der Waals surface area contributed by atoms with Crippen LogP contribution in [0.5, 0.6) is 5.75 Å². The quantitative estimate of drug-likeness (QED) is 0.234. The molecule has 0 radical (unpaired) electrons. The first-order valence-electron chi connectivity index (χ1n) is 16.8. The topological polar surface area (TPSA) is 144 Å². The van der Waals surface area contributed by atoms with E-state index in [1.165, 1.54) is 0 Å². The van der Waals surface area contributed by atoms with Gasteiger partial charge in [0.2, 0.25) is 5.78 Å². The number of aliphatic hydroxyl groups excluding tert-OH is 2. The van der Waals surface area contributed by atoms with Gasteiger partial charge in [-0.05, 0) is 101 Å². The normalized spacial score (nSPS) is 32.5. The summed E-state index contributed by atoms with van der Waals surface area (Å²) in [6.07, 6.45) is 2.77. The maximum Gasteiger partial charge on any atom is 0.203 e. The van der Waals surface area contributed by atoms with Crippen LogP contribution in [0, 0.1) is 28.6 Å². The molecule has 0 amide bonds. The average Bonchev–Trinajstić information content (AvgIpc) is 2.85. The number of aromatic hydroxyl groups is 1. The van der Waals surface area contributed by atoms with Crippen LogP contribution in [-0.4, -0.2) is 54.5 Å². The fourth-order valence-electron chi connectivity index (χ4n) is 10.5. The van der Waals surface area contributed by atoms with Crippen LogP contribution >= 0.6 is 0 Å². The summed E-state index contributed by atoms with van der Waals surface area (Å²) in [5.41, 5.74) is -3.33. The molecule has 1 aliphatic heterocycles. The second-order valence-electron chi connectivity index (χ2n) is 17.3. The van der Waals surface area contributed by atoms with Crippen molar-refractivity contribution in [3.05, 3.63) is 45.2 Å². The van der Waals surface area contributed by atoms with E-state index in [2.05, 4.69) is 52.9 Å². The number of hydrogen-bond acceptors (Lipinski definition) is 8. The Morgan fingerprint density at radius 3 is 2.04 bits per heavy atom. The number of benzene rings is 1. The number of Topliss-reactive ketones (excluding diaryl/α,β-unsaturated/α-hetero) is 3. The van der Waals surface area contributed by atoms with E-state index in [0.29, 0.717) is 12.0 Å². The first-order chi connectivity index (χ1) is 20.9. The molecule has 46 heavy (non-hydrogen) atoms. The van der Waals surface area contributed by atoms with Crippen LogP contribution in [0.25, 0.3) is 5.76 Å². The Morgan fingerprint density at radius 2 is 1.54 bits per heavy atom. The van der Waals surface area contributed by atoms with E-state index in [-0.39, 0.29) is 58.6 Å². The highest BCUT2D eigenvalue weighted by atomic mass is 16.3. The molecule has 4 atom stereocenters. The number of rotatable bonds is 5. The van der Waals surface area contributed by atoms with E-state index >= 15 is 0 Å². The van der Waals surface area contributed by atoms with Gasteiger partial charge in [-0.1, -0.05) is 47.6 Å². The van der Waals surface area contributed by atoms with Crippen LogP contribution in [0.1, 0.15) is 124 Å². The van der Waals surface area contributed by atoms with Gasteiger partial charge < -0.3 is 25.7 Å². The van der Waals surface area contributed by atoms with Crippen LogP contribution in [0.15, 0.2) is 23.0 Å². The number of hydrogen-bond donors (Lipinski definition) is 5. The molecule has 0 bridgehead atoms. The monoisotopic (exact) mass is 635 g/mol. The third kappa shape index (κ3) is 4.80. The van der Waals surface area contributed by atoms with Gasteiger partial charge in [-0.25, -0.2) is 0 Å². The zero-order valence-corrected chi connectivity index (χ0v) is 29.4. The minimum absolute atomic E-state index is 0.0449. The number of ketones is 3. The summed E-state index contributed by atoms with van der Waals surface area (Å²) in [4.78, 5) is 41.1. The van der Waals surface area contributed by atoms with Crippen LogP contribution < -0.4 is 5.32 Å². The van der Waals surface area contributed by atoms with Crippen LogP contribution in [0.4, 0.5) is 0 Å². The Kier molecular flexibility index (Phi) is 7.86. The molecule has 4 aliphatic rings. The lowest BCUT2D eigenvalue weighted by atomic mass is 9.43. The lowest BCUT2D eigenvalue weighted by molar-refractivity contribution is -0.178. The molecule has 1 aromatic carbocycles. The van der Waals surface area contributed by atoms with Gasteiger partial charge in [0.15, 0.2) is 17.2 Å². The molecule has 1 aromatic rings. The van der Waals surface area contributed by atoms with Crippen LogP contribution in [-0.2, 0) is 27.2 Å². The number of piperidine rings is 1. The van der Waals surface area contributed by atoms with Crippen molar-refractivity contribution in [3.8, 4) is 5.75 Å². The van der Waals surface area contributed by atoms with E-state index in [1.807, 2.05) is 6.92 Å². The molecule has 252 valence electrons. The van der Waals surface area contributed by atoms with E-state index in [1.54, 1.807) is 20.8 Å². The molecule has 0 spiro atoms. The Bertz CT molecular complexity index is 1590. The summed E-state index contributed by atoms with van der Waals surface area (Å²) in [5, 5.41) is 51.5. The highest BCUT2D eigenvalue weighted by Gasteiger charge is 2.72. The summed E-state index contributed by atoms with van der Waals surface area (Å²) in [7, 11) is 0. The van der Waals surface area contributed by atoms with Crippen molar-refractivity contribution in [2.75, 3.05) is 0 Å². The van der Waals surface area contributed by atoms with Gasteiger partial charge in [-0.3, -0.25) is 14.4 Å². The van der Waals surface area contributed by atoms with Crippen molar-refractivity contribution in [2.24, 2.45) is 28.6 Å². The number of aliphatic hydroxyl groups is 3. The number of allylic oxidation sites excluding steroid dienone is 1. The standard InChI is InChI=1S/C38H53NO7/c1-18(2)23-13-22(12-21-14-34(6,7)39-35(8,9)15-21)29(41)26-24(23)16-36(10)17-37(11)27(19(3)4)30(42)25(20(5)40)32(44)38(37,46)33(45)28(36)31(26)43/h13,18-19,21,27,39,41,43-44,46H,12,14-17H2,1-11H3/t27?,36-,37-,38+/m1/s1. The molecule has 2 fully saturated rings. The van der Waals surface area contributed by atoms with Gasteiger partial charge in [0.05, 0.1) is 5.56 Å². The van der Waals surface area contributed by atoms with Crippen molar-refractivity contribution in [1.82, 2.24) is 5.32 Å². The summed E-state index contributed by atoms with van der Waals surface area (Å²) in [6, 6.07) is 2.06. The van der Waals surface area contributed by atoms with Crippen molar-refractivity contribution in [2.45, 2.75) is 131 Å². The number of carbonyl (C=O) groups is 3. The third-order valence-corrected chi connectivity index (χ3v) is 11.5. The zero-order valence-electron chi connectivity index (χ0n) is 29.4. The predicted octanol–water partition coefficient (Wildman–Crippen LogP) is 6.41. The molecule has 5 rings (SSSR count). The first kappa shape index (κ1) is 34.4. The van der Waals surface area contributed by atoms with Crippen molar-refractivity contribution in [3.63, 3.8) is 0 Å². The van der Waals surface area contributed by atoms with Gasteiger partial charge in [-0.15, -0.1) is 0 Å². The molecule has 0 aromatic heterocycles. The second kappa shape index (κ2) is 10.5. The Balaban J connectivity index is 1.74. The molecule has 8 nitrogen and oxygen atoms in total. The van der Waals surface area contributed by atoms with Crippen molar-refractivity contribution >= 4 is 23.1 Å². The van der Waals surface area contributed by atoms with Gasteiger partial charge in [-0.2, -0.15) is 0 Å². The lowest BCUT2D eigenvalue weighted by Crippen LogP contribution is -2.69. The third-order valence-electron chi connectivity index (χ3n) is 11.5. The van der Waals surface area contributed by atoms with Crippen molar-refractivity contribution < 1.29 is 34.8 Å². The van der Waals surface area contributed by atoms with E-state index in [9.17, 15) is 34.8 Å². The van der Waals surface area contributed by atoms with Crippen LogP contribution in [0.2, 0.25) is 0 Å². The average molecular weight is 636 g/mol. The maximum atomic E-state index is 14.7. The van der Waals surface area contributed by atoms with Gasteiger partial charge in [0, 0.05) is 33.4 Å². The summed E-state index contributed by atoms with van der Waals surface area (Å²) >= 11 is 0. The number of phenols is 1. The van der Waals surface area contributed by atoms with Gasteiger partial charge >= 0.3 is 0 Å². The summed E-state index contributed by atoms with van der Waals surface area (Å²) in [5.74, 6) is -4.66. The minimum atomic E-state index is -2.61. The summed E-state index contributed by atoms with van der Waals surface area (Å²) < 4.78 is 0. The predicted molar refractivity (Wildman–Crippen MR) is 178 cm³/mol. The molecule has 1 heterocycles. The molecule has 5 N–H and O–H groups in total. The van der Waals surface area contributed by atoms with Gasteiger partial charge in [0.25, 0.3) is 0 Å². The molecule has 1 saturated heterocycles. The fourth-order valence-corrected chi connectivity index (χ4v) is 10.5. The molecule has 8 heteroatoms. The Morgan fingerprint density at radius 1 is 0.978 bits per heavy atom. The summed E-state index contributed by atoms with van der Waals surface area (Å²) in [6.45, 7) is 21.1. The van der Waals surface area contributed by atoms with E-state index < -0.39 is 56.8 Å². The van der Waals surface area contributed by atoms with E-state index in [0.717, 1.165) is 30.9 Å². The second-order valence-corrected chi connectivity index (χ2v) is 17.3. The highest BCUT2D eigenvalue weighted by molar-refractivity contribution is 6.24. The van der Waals surface area contributed by atoms with Gasteiger partial charge in [0.1, 0.15) is 22.8 Å². The SMILES string of the molecule is CC(=O)C1=C(O)[C@]2(O)C(=O)C3=C(O)c4c(O)c(CC5CC(C)(C)NC(C)(C)C5)cc(C(C)C)c4C[C@]3(C)C[C@]2(C)C(C(C)C)C1=O. The maximum absolute atomic E-state index is 14.7. The van der Waals surface area contributed by atoms with E-state index in [4.69, 9.17) is 0 Å². The molecule has 3 aliphatic carbocycles. The Labute approximate surface area is 273 Å². The largest absolute Gasteiger partial charge is 0.508 e. The Hall–Kier alpha value is -2.97. The first-order valence-corrected chi connectivity index (χ1v) is 16.8. The molecule has 1 unspecified atom stereocenters. The van der Waals surface area contributed by atoms with Crippen molar-refractivity contribution in [1.29, 1.82) is 0 Å². The number of phenolic OH excluding ortho intramolecular Hbond substituents is 1. The minimum Gasteiger partial charge on any atom is -0.508 e. The van der Waals surface area contributed by atoms with Crippen LogP contribution in [0.3, 0.4) is 0 Å². The molecular formula is C38H53NO7. The highest BCUT2D eigenvalue weighted by Crippen LogP contribution is 2.65. The fraction of sp³-hybridized carbons (Fsp3) is 0.658. The number of carbonyl (C=O) groups excluding carboxylic acids is 3. The lowest BCUT2D eigenvalue weighted by Gasteiger charge is -2.60. The number of nitrogens with one attached hydrogen (secondary N) is 1. The number of fused-ring (bicyclic) bond motifs is 3.